The lowest BCUT2D eigenvalue weighted by molar-refractivity contribution is -0.166. The summed E-state index contributed by atoms with van der Waals surface area (Å²) in [5.74, 6) is -1.49. The van der Waals surface area contributed by atoms with Gasteiger partial charge < -0.3 is 33.9 Å². The molecule has 2 aliphatic heterocycles. The molecule has 5 atom stereocenters. The highest BCUT2D eigenvalue weighted by Crippen LogP contribution is 2.40. The van der Waals surface area contributed by atoms with Gasteiger partial charge in [-0.1, -0.05) is 0 Å². The molecule has 0 radical (unpaired) electrons. The van der Waals surface area contributed by atoms with Gasteiger partial charge in [-0.3, -0.25) is 0 Å². The Hall–Kier alpha value is -2.01. The van der Waals surface area contributed by atoms with Crippen molar-refractivity contribution < 1.29 is 32.8 Å². The van der Waals surface area contributed by atoms with E-state index in [-0.39, 0.29) is 25.0 Å². The number of aliphatic hydroxyl groups excluding tert-OH is 1. The van der Waals surface area contributed by atoms with E-state index in [4.69, 9.17) is 18.9 Å². The summed E-state index contributed by atoms with van der Waals surface area (Å²) < 4.78 is 51.6. The normalized spacial score (nSPS) is 33.0. The van der Waals surface area contributed by atoms with Crippen molar-refractivity contribution in [2.45, 2.75) is 68.2 Å². The van der Waals surface area contributed by atoms with Crippen molar-refractivity contribution in [3.05, 3.63) is 18.5 Å². The van der Waals surface area contributed by atoms with Gasteiger partial charge in [-0.15, -0.1) is 0 Å². The van der Waals surface area contributed by atoms with Gasteiger partial charge in [-0.05, 0) is 12.8 Å². The summed E-state index contributed by atoms with van der Waals surface area (Å²) in [5.41, 5.74) is 1.43. The van der Waals surface area contributed by atoms with Gasteiger partial charge in [-0.2, -0.15) is 0 Å². The fraction of sp³-hybridized carbons (Fsp3) is 0.667. The first-order chi connectivity index (χ1) is 14.9. The van der Waals surface area contributed by atoms with Gasteiger partial charge in [0.25, 0.3) is 0 Å². The molecule has 3 fully saturated rings. The van der Waals surface area contributed by atoms with Crippen LogP contribution in [-0.4, -0.2) is 72.0 Å². The smallest absolute Gasteiger partial charge is 0.248 e. The molecule has 1 aromatic heterocycles. The summed E-state index contributed by atoms with van der Waals surface area (Å²) >= 11 is 0. The molecule has 5 unspecified atom stereocenters. The number of fused-ring (bicyclic) bond motifs is 3. The Morgan fingerprint density at radius 1 is 1.19 bits per heavy atom. The first kappa shape index (κ1) is 20.9. The minimum absolute atomic E-state index is 0.0930. The van der Waals surface area contributed by atoms with Crippen LogP contribution in [0.3, 0.4) is 0 Å². The molecule has 1 aromatic carbocycles. The van der Waals surface area contributed by atoms with E-state index in [1.165, 1.54) is 0 Å². The average molecular weight is 439 g/mol. The minimum atomic E-state index is -2.60. The molecule has 2 aromatic rings. The summed E-state index contributed by atoms with van der Waals surface area (Å²) in [6.07, 6.45) is 0.277. The lowest BCUT2D eigenvalue weighted by atomic mass is 9.89. The quantitative estimate of drug-likeness (QED) is 0.739. The summed E-state index contributed by atoms with van der Waals surface area (Å²) in [6.45, 7) is 0.336. The number of aliphatic hydroxyl groups is 1. The summed E-state index contributed by atoms with van der Waals surface area (Å²) in [4.78, 5) is 4.45. The number of methoxy groups -OCH3 is 2. The second-order valence-electron chi connectivity index (χ2n) is 8.53. The molecular weight excluding hydrogens is 412 g/mol. The number of nitrogens with one attached hydrogen (secondary N) is 1. The number of aromatic nitrogens is 2. The topological polar surface area (TPSA) is 87.0 Å². The number of halogens is 2. The molecule has 2 bridgehead atoms. The van der Waals surface area contributed by atoms with E-state index in [2.05, 4.69) is 10.3 Å². The standard InChI is InChI=1S/C21H27F2N3O5/c1-28-14-7-12-13(8-15(14)29-2)26(10-24-12)18-19(27)17(16-9-30-20(18)31-16)25-11-3-5-21(22,23)6-4-11/h7-8,10-11,16-20,25,27H,3-6,9H2,1-2H3. The second kappa shape index (κ2) is 7.84. The first-order valence-electron chi connectivity index (χ1n) is 10.6. The molecule has 3 aliphatic rings. The molecular formula is C21H27F2N3O5. The van der Waals surface area contributed by atoms with Crippen molar-refractivity contribution in [1.82, 2.24) is 14.9 Å². The van der Waals surface area contributed by atoms with Gasteiger partial charge >= 0.3 is 0 Å². The fourth-order valence-corrected chi connectivity index (χ4v) is 4.97. The van der Waals surface area contributed by atoms with Crippen LogP contribution in [0.15, 0.2) is 18.5 Å². The van der Waals surface area contributed by atoms with E-state index >= 15 is 0 Å². The first-order valence-corrected chi connectivity index (χ1v) is 10.6. The SMILES string of the molecule is COc1cc2ncn(C3C4OCC(O4)C(NC4CCC(F)(F)CC4)C3O)c2cc1OC. The van der Waals surface area contributed by atoms with Crippen molar-refractivity contribution in [1.29, 1.82) is 0 Å². The van der Waals surface area contributed by atoms with Crippen LogP contribution in [0, 0.1) is 0 Å². The Balaban J connectivity index is 1.43. The highest BCUT2D eigenvalue weighted by molar-refractivity contribution is 5.80. The molecule has 0 amide bonds. The predicted molar refractivity (Wildman–Crippen MR) is 107 cm³/mol. The Labute approximate surface area is 178 Å². The maximum atomic E-state index is 13.5. The van der Waals surface area contributed by atoms with Crippen LogP contribution in [-0.2, 0) is 9.47 Å². The van der Waals surface area contributed by atoms with Crippen molar-refractivity contribution in [2.75, 3.05) is 20.8 Å². The van der Waals surface area contributed by atoms with Crippen LogP contribution in [0.25, 0.3) is 11.0 Å². The van der Waals surface area contributed by atoms with Crippen LogP contribution in [0.2, 0.25) is 0 Å². The number of imidazole rings is 1. The van der Waals surface area contributed by atoms with Crippen molar-refractivity contribution >= 4 is 11.0 Å². The highest BCUT2D eigenvalue weighted by Gasteiger charge is 2.52. The molecule has 0 spiro atoms. The average Bonchev–Trinajstić information content (AvgIpc) is 3.37. The Morgan fingerprint density at radius 3 is 2.61 bits per heavy atom. The van der Waals surface area contributed by atoms with Crippen LogP contribution in [0.5, 0.6) is 11.5 Å². The van der Waals surface area contributed by atoms with Crippen LogP contribution in [0.1, 0.15) is 31.7 Å². The summed E-state index contributed by atoms with van der Waals surface area (Å²) in [5, 5.41) is 14.7. The molecule has 10 heteroatoms. The Bertz CT molecular complexity index is 944. The number of rotatable bonds is 5. The monoisotopic (exact) mass is 439 g/mol. The van der Waals surface area contributed by atoms with E-state index in [9.17, 15) is 13.9 Å². The maximum absolute atomic E-state index is 13.5. The van der Waals surface area contributed by atoms with Crippen molar-refractivity contribution in [3.63, 3.8) is 0 Å². The second-order valence-corrected chi connectivity index (χ2v) is 8.53. The van der Waals surface area contributed by atoms with E-state index in [0.29, 0.717) is 36.5 Å². The van der Waals surface area contributed by atoms with Crippen LogP contribution >= 0.6 is 0 Å². The molecule has 31 heavy (non-hydrogen) atoms. The molecule has 1 saturated carbocycles. The molecule has 2 saturated heterocycles. The van der Waals surface area contributed by atoms with Crippen molar-refractivity contribution in [3.8, 4) is 11.5 Å². The van der Waals surface area contributed by atoms with Crippen molar-refractivity contribution in [2.24, 2.45) is 0 Å². The third-order valence-corrected chi connectivity index (χ3v) is 6.68. The maximum Gasteiger partial charge on any atom is 0.248 e. The Kier molecular flexibility index (Phi) is 5.28. The predicted octanol–water partition coefficient (Wildman–Crippen LogP) is 2.25. The zero-order valence-electron chi connectivity index (χ0n) is 17.5. The lowest BCUT2D eigenvalue weighted by Crippen LogP contribution is -2.60. The number of ether oxygens (including phenoxy) is 4. The molecule has 3 heterocycles. The van der Waals surface area contributed by atoms with Gasteiger partial charge in [0.15, 0.2) is 17.8 Å². The third kappa shape index (κ3) is 3.65. The van der Waals surface area contributed by atoms with Crippen LogP contribution < -0.4 is 14.8 Å². The largest absolute Gasteiger partial charge is 0.493 e. The van der Waals surface area contributed by atoms with E-state index in [1.54, 1.807) is 32.7 Å². The number of benzene rings is 1. The summed E-state index contributed by atoms with van der Waals surface area (Å²) in [6, 6.07) is 2.50. The van der Waals surface area contributed by atoms with E-state index in [1.807, 2.05) is 4.57 Å². The minimum Gasteiger partial charge on any atom is -0.493 e. The molecule has 2 N–H and O–H groups in total. The highest BCUT2D eigenvalue weighted by atomic mass is 19.3. The van der Waals surface area contributed by atoms with Gasteiger partial charge in [0.05, 0.1) is 50.3 Å². The number of nitrogens with zero attached hydrogens (tertiary/aromatic N) is 2. The van der Waals surface area contributed by atoms with Gasteiger partial charge in [0.1, 0.15) is 12.1 Å². The fourth-order valence-electron chi connectivity index (χ4n) is 4.97. The van der Waals surface area contributed by atoms with Gasteiger partial charge in [0.2, 0.25) is 5.92 Å². The molecule has 5 rings (SSSR count). The van der Waals surface area contributed by atoms with E-state index < -0.39 is 30.4 Å². The number of alkyl halides is 2. The summed E-state index contributed by atoms with van der Waals surface area (Å²) in [7, 11) is 3.12. The zero-order valence-corrected chi connectivity index (χ0v) is 17.5. The number of hydrogen-bond acceptors (Lipinski definition) is 7. The Morgan fingerprint density at radius 2 is 1.90 bits per heavy atom. The number of hydrogen-bond donors (Lipinski definition) is 2. The van der Waals surface area contributed by atoms with E-state index in [0.717, 1.165) is 5.52 Å². The van der Waals surface area contributed by atoms with Gasteiger partial charge in [0, 0.05) is 31.0 Å². The van der Waals surface area contributed by atoms with Crippen LogP contribution in [0.4, 0.5) is 8.78 Å². The molecule has 170 valence electrons. The molecule has 8 nitrogen and oxygen atoms in total. The lowest BCUT2D eigenvalue weighted by Gasteiger charge is -2.42. The zero-order chi connectivity index (χ0) is 21.8. The molecule has 1 aliphatic carbocycles. The van der Waals surface area contributed by atoms with Gasteiger partial charge in [-0.25, -0.2) is 13.8 Å². The third-order valence-electron chi connectivity index (χ3n) is 6.68.